The number of nitrogen functional groups attached to an aromatic ring is 2. The van der Waals surface area contributed by atoms with E-state index >= 15 is 0 Å². The highest BCUT2D eigenvalue weighted by atomic mass is 19.4. The molecule has 9 heteroatoms. The molecule has 0 radical (unpaired) electrons. The second-order valence-corrected chi connectivity index (χ2v) is 5.66. The van der Waals surface area contributed by atoms with Gasteiger partial charge in [0.25, 0.3) is 0 Å². The lowest BCUT2D eigenvalue weighted by Gasteiger charge is -2.13. The Morgan fingerprint density at radius 3 is 2.25 bits per heavy atom. The Morgan fingerprint density at radius 2 is 1.71 bits per heavy atom. The van der Waals surface area contributed by atoms with Gasteiger partial charge in [-0.2, -0.15) is 13.2 Å². The van der Waals surface area contributed by atoms with E-state index in [0.29, 0.717) is 12.0 Å². The van der Waals surface area contributed by atoms with Gasteiger partial charge in [0.1, 0.15) is 11.6 Å². The van der Waals surface area contributed by atoms with Gasteiger partial charge in [-0.1, -0.05) is 0 Å². The summed E-state index contributed by atoms with van der Waals surface area (Å²) < 4.78 is 38.3. The van der Waals surface area contributed by atoms with Gasteiger partial charge < -0.3 is 16.4 Å². The Balaban J connectivity index is 2.30. The first-order valence-electron chi connectivity index (χ1n) is 7.27. The summed E-state index contributed by atoms with van der Waals surface area (Å²) >= 11 is 0. The first-order chi connectivity index (χ1) is 11.2. The number of nitrogens with two attached hydrogens (primary N) is 2. The van der Waals surface area contributed by atoms with E-state index in [0.717, 1.165) is 25.2 Å². The molecule has 2 aromatic heterocycles. The van der Waals surface area contributed by atoms with Gasteiger partial charge in [-0.05, 0) is 39.5 Å². The summed E-state index contributed by atoms with van der Waals surface area (Å²) in [6.07, 6.45) is -1.10. The summed E-state index contributed by atoms with van der Waals surface area (Å²) in [5, 5.41) is 0. The second kappa shape index (κ2) is 7.00. The number of alkyl halides is 3. The Kier molecular flexibility index (Phi) is 5.23. The number of hydrogen-bond donors (Lipinski definition) is 2. The van der Waals surface area contributed by atoms with Crippen molar-refractivity contribution in [2.24, 2.45) is 0 Å². The van der Waals surface area contributed by atoms with Crippen LogP contribution in [0.2, 0.25) is 0 Å². The van der Waals surface area contributed by atoms with Crippen LogP contribution in [0.4, 0.5) is 24.8 Å². The molecule has 0 aromatic carbocycles. The zero-order chi connectivity index (χ0) is 17.9. The number of halogens is 3. The Labute approximate surface area is 137 Å². The van der Waals surface area contributed by atoms with Crippen LogP contribution in [0.15, 0.2) is 18.5 Å². The van der Waals surface area contributed by atoms with Gasteiger partial charge in [-0.15, -0.1) is 0 Å². The molecular weight excluding hydrogens is 321 g/mol. The molecule has 0 atom stereocenters. The molecule has 24 heavy (non-hydrogen) atoms. The van der Waals surface area contributed by atoms with Crippen molar-refractivity contribution in [1.29, 1.82) is 0 Å². The summed E-state index contributed by atoms with van der Waals surface area (Å²) in [7, 11) is 3.90. The van der Waals surface area contributed by atoms with Crippen LogP contribution in [0.5, 0.6) is 0 Å². The van der Waals surface area contributed by atoms with Crippen LogP contribution >= 0.6 is 0 Å². The monoisotopic (exact) mass is 340 g/mol. The summed E-state index contributed by atoms with van der Waals surface area (Å²) in [4.78, 5) is 13.8. The molecule has 2 heterocycles. The SMILES string of the molecule is CN(C)CCCc1c(N)nc(-c2cncc(C(F)(F)F)c2)nc1N. The minimum absolute atomic E-state index is 0.0277. The van der Waals surface area contributed by atoms with Crippen molar-refractivity contribution < 1.29 is 13.2 Å². The number of anilines is 2. The fourth-order valence-corrected chi connectivity index (χ4v) is 2.19. The van der Waals surface area contributed by atoms with E-state index in [2.05, 4.69) is 15.0 Å². The lowest BCUT2D eigenvalue weighted by molar-refractivity contribution is -0.137. The standard InChI is InChI=1S/C15H19F3N6/c1-24(2)5-3-4-11-12(19)22-14(23-13(11)20)9-6-10(8-21-7-9)15(16,17)18/h6-8H,3-5H2,1-2H3,(H4,19,20,22,23). The molecule has 130 valence electrons. The summed E-state index contributed by atoms with van der Waals surface area (Å²) in [5.41, 5.74) is 11.7. The third kappa shape index (κ3) is 4.31. The average Bonchev–Trinajstić information content (AvgIpc) is 2.49. The number of pyridine rings is 1. The van der Waals surface area contributed by atoms with Crippen LogP contribution in [-0.4, -0.2) is 40.5 Å². The fourth-order valence-electron chi connectivity index (χ4n) is 2.19. The first kappa shape index (κ1) is 17.9. The molecular formula is C15H19F3N6. The molecule has 0 aliphatic carbocycles. The summed E-state index contributed by atoms with van der Waals surface area (Å²) in [6.45, 7) is 0.845. The summed E-state index contributed by atoms with van der Waals surface area (Å²) in [6, 6.07) is 0.924. The maximum Gasteiger partial charge on any atom is 0.417 e. The van der Waals surface area contributed by atoms with E-state index in [1.54, 1.807) is 0 Å². The topological polar surface area (TPSA) is 94.0 Å². The lowest BCUT2D eigenvalue weighted by atomic mass is 10.1. The number of rotatable bonds is 5. The highest BCUT2D eigenvalue weighted by Gasteiger charge is 2.31. The maximum absolute atomic E-state index is 12.8. The van der Waals surface area contributed by atoms with Crippen molar-refractivity contribution in [3.8, 4) is 11.4 Å². The van der Waals surface area contributed by atoms with Crippen LogP contribution < -0.4 is 11.5 Å². The van der Waals surface area contributed by atoms with Crippen molar-refractivity contribution in [3.63, 3.8) is 0 Å². The van der Waals surface area contributed by atoms with Crippen LogP contribution in [0.3, 0.4) is 0 Å². The van der Waals surface area contributed by atoms with Crippen LogP contribution in [0.1, 0.15) is 17.5 Å². The number of nitrogens with zero attached hydrogens (tertiary/aromatic N) is 4. The molecule has 0 amide bonds. The van der Waals surface area contributed by atoms with Crippen LogP contribution in [0, 0.1) is 0 Å². The molecule has 6 nitrogen and oxygen atoms in total. The van der Waals surface area contributed by atoms with Gasteiger partial charge in [0.15, 0.2) is 5.82 Å². The van der Waals surface area contributed by atoms with E-state index < -0.39 is 11.7 Å². The maximum atomic E-state index is 12.8. The van der Waals surface area contributed by atoms with Crippen molar-refractivity contribution in [3.05, 3.63) is 29.6 Å². The molecule has 0 aliphatic heterocycles. The lowest BCUT2D eigenvalue weighted by Crippen LogP contribution is -2.15. The van der Waals surface area contributed by atoms with E-state index in [9.17, 15) is 13.2 Å². The smallest absolute Gasteiger partial charge is 0.383 e. The van der Waals surface area contributed by atoms with E-state index in [4.69, 9.17) is 11.5 Å². The van der Waals surface area contributed by atoms with Crippen molar-refractivity contribution in [1.82, 2.24) is 19.9 Å². The quantitative estimate of drug-likeness (QED) is 0.867. The Hall–Kier alpha value is -2.42. The van der Waals surface area contributed by atoms with Gasteiger partial charge in [-0.3, -0.25) is 4.98 Å². The Bertz CT molecular complexity index is 692. The van der Waals surface area contributed by atoms with Crippen molar-refractivity contribution >= 4 is 11.6 Å². The van der Waals surface area contributed by atoms with Crippen LogP contribution in [0.25, 0.3) is 11.4 Å². The van der Waals surface area contributed by atoms with Gasteiger partial charge in [0, 0.05) is 23.5 Å². The molecule has 0 saturated heterocycles. The molecule has 0 bridgehead atoms. The average molecular weight is 340 g/mol. The molecule has 0 fully saturated rings. The minimum atomic E-state index is -4.49. The minimum Gasteiger partial charge on any atom is -0.383 e. The molecule has 0 saturated carbocycles. The van der Waals surface area contributed by atoms with Crippen molar-refractivity contribution in [2.45, 2.75) is 19.0 Å². The third-order valence-corrected chi connectivity index (χ3v) is 3.43. The third-order valence-electron chi connectivity index (χ3n) is 3.43. The van der Waals surface area contributed by atoms with Gasteiger partial charge >= 0.3 is 6.18 Å². The highest BCUT2D eigenvalue weighted by Crippen LogP contribution is 2.31. The molecule has 2 rings (SSSR count). The predicted molar refractivity (Wildman–Crippen MR) is 86.0 cm³/mol. The predicted octanol–water partition coefficient (Wildman–Crippen LogP) is 2.22. The normalized spacial score (nSPS) is 11.9. The molecule has 2 aromatic rings. The number of aromatic nitrogens is 3. The van der Waals surface area contributed by atoms with E-state index in [1.165, 1.54) is 6.20 Å². The first-order valence-corrected chi connectivity index (χ1v) is 7.27. The summed E-state index contributed by atoms with van der Waals surface area (Å²) in [5.74, 6) is 0.377. The molecule has 0 spiro atoms. The zero-order valence-corrected chi connectivity index (χ0v) is 13.4. The van der Waals surface area contributed by atoms with Gasteiger partial charge in [0.05, 0.1) is 5.56 Å². The highest BCUT2D eigenvalue weighted by molar-refractivity contribution is 5.63. The van der Waals surface area contributed by atoms with E-state index in [-0.39, 0.29) is 23.0 Å². The Morgan fingerprint density at radius 1 is 1.08 bits per heavy atom. The zero-order valence-electron chi connectivity index (χ0n) is 13.4. The molecule has 4 N–H and O–H groups in total. The molecule has 0 aliphatic rings. The number of hydrogen-bond acceptors (Lipinski definition) is 6. The second-order valence-electron chi connectivity index (χ2n) is 5.66. The molecule has 0 unspecified atom stereocenters. The van der Waals surface area contributed by atoms with Crippen molar-refractivity contribution in [2.75, 3.05) is 32.1 Å². The van der Waals surface area contributed by atoms with Crippen LogP contribution in [-0.2, 0) is 12.6 Å². The van der Waals surface area contributed by atoms with Gasteiger partial charge in [-0.25, -0.2) is 9.97 Å². The van der Waals surface area contributed by atoms with E-state index in [1.807, 2.05) is 19.0 Å². The van der Waals surface area contributed by atoms with Gasteiger partial charge in [0.2, 0.25) is 0 Å². The fraction of sp³-hybridized carbons (Fsp3) is 0.400. The largest absolute Gasteiger partial charge is 0.417 e.